The van der Waals surface area contributed by atoms with E-state index in [4.69, 9.17) is 4.74 Å². The highest BCUT2D eigenvalue weighted by Gasteiger charge is 2.22. The Morgan fingerprint density at radius 2 is 1.96 bits per heavy atom. The van der Waals surface area contributed by atoms with E-state index in [9.17, 15) is 9.18 Å². The van der Waals surface area contributed by atoms with Gasteiger partial charge in [0.25, 0.3) is 0 Å². The molecule has 0 saturated carbocycles. The standard InChI is InChI=1S/C21H22FN3O2/c1-13(24-20(26)27-21(2,3)4)19-16(18-7-5-6-10-23-18)12-14-11-15(22)8-9-17(14)25-19/h5-13H,1-4H3,(H,24,26)/t13-/m0/s1. The molecule has 1 aromatic carbocycles. The molecule has 0 aliphatic rings. The molecule has 0 radical (unpaired) electrons. The lowest BCUT2D eigenvalue weighted by atomic mass is 10.0. The van der Waals surface area contributed by atoms with E-state index >= 15 is 0 Å². The summed E-state index contributed by atoms with van der Waals surface area (Å²) in [5.41, 5.74) is 2.12. The molecule has 1 N–H and O–H groups in total. The quantitative estimate of drug-likeness (QED) is 0.706. The second-order valence-corrected chi connectivity index (χ2v) is 7.34. The van der Waals surface area contributed by atoms with Gasteiger partial charge in [0.05, 0.1) is 22.9 Å². The van der Waals surface area contributed by atoms with Crippen molar-refractivity contribution in [3.8, 4) is 11.3 Å². The smallest absolute Gasteiger partial charge is 0.408 e. The SMILES string of the molecule is C[C@H](NC(=O)OC(C)(C)C)c1nc2ccc(F)cc2cc1-c1ccccn1. The van der Waals surface area contributed by atoms with Crippen molar-refractivity contribution in [2.75, 3.05) is 0 Å². The number of amides is 1. The van der Waals surface area contributed by atoms with Crippen molar-refractivity contribution in [3.63, 3.8) is 0 Å². The topological polar surface area (TPSA) is 64.1 Å². The lowest BCUT2D eigenvalue weighted by Gasteiger charge is -2.23. The zero-order chi connectivity index (χ0) is 19.6. The van der Waals surface area contributed by atoms with Gasteiger partial charge >= 0.3 is 6.09 Å². The van der Waals surface area contributed by atoms with Crippen LogP contribution in [0.4, 0.5) is 9.18 Å². The van der Waals surface area contributed by atoms with Gasteiger partial charge in [-0.1, -0.05) is 6.07 Å². The van der Waals surface area contributed by atoms with Gasteiger partial charge < -0.3 is 10.1 Å². The second kappa shape index (κ2) is 7.31. The molecule has 0 aliphatic carbocycles. The van der Waals surface area contributed by atoms with E-state index < -0.39 is 17.7 Å². The van der Waals surface area contributed by atoms with Crippen LogP contribution in [0.25, 0.3) is 22.2 Å². The molecule has 0 aliphatic heterocycles. The highest BCUT2D eigenvalue weighted by atomic mass is 19.1. The van der Waals surface area contributed by atoms with Gasteiger partial charge in [0.2, 0.25) is 0 Å². The molecular weight excluding hydrogens is 345 g/mol. The van der Waals surface area contributed by atoms with E-state index in [1.54, 1.807) is 33.0 Å². The number of benzene rings is 1. The number of ether oxygens (including phenoxy) is 1. The van der Waals surface area contributed by atoms with Crippen LogP contribution in [-0.4, -0.2) is 21.7 Å². The average Bonchev–Trinajstić information content (AvgIpc) is 2.59. The Morgan fingerprint density at radius 1 is 1.19 bits per heavy atom. The molecule has 2 heterocycles. The first kappa shape index (κ1) is 18.8. The van der Waals surface area contributed by atoms with E-state index in [1.165, 1.54) is 12.1 Å². The van der Waals surface area contributed by atoms with Gasteiger partial charge in [0, 0.05) is 17.1 Å². The van der Waals surface area contributed by atoms with Crippen molar-refractivity contribution < 1.29 is 13.9 Å². The Kier molecular flexibility index (Phi) is 5.08. The number of halogens is 1. The Labute approximate surface area is 157 Å². The minimum absolute atomic E-state index is 0.330. The van der Waals surface area contributed by atoms with E-state index in [0.29, 0.717) is 22.3 Å². The van der Waals surface area contributed by atoms with Gasteiger partial charge in [-0.25, -0.2) is 14.2 Å². The van der Waals surface area contributed by atoms with Crippen molar-refractivity contribution in [1.82, 2.24) is 15.3 Å². The summed E-state index contributed by atoms with van der Waals surface area (Å²) < 4.78 is 19.0. The summed E-state index contributed by atoms with van der Waals surface area (Å²) in [4.78, 5) is 21.2. The van der Waals surface area contributed by atoms with Crippen LogP contribution < -0.4 is 5.32 Å². The zero-order valence-corrected chi connectivity index (χ0v) is 15.8. The van der Waals surface area contributed by atoms with E-state index in [-0.39, 0.29) is 5.82 Å². The predicted octanol–water partition coefficient (Wildman–Crippen LogP) is 5.02. The van der Waals surface area contributed by atoms with Crippen LogP contribution in [-0.2, 0) is 4.74 Å². The fourth-order valence-corrected chi connectivity index (χ4v) is 2.77. The second-order valence-electron chi connectivity index (χ2n) is 7.34. The van der Waals surface area contributed by atoms with E-state index in [1.807, 2.05) is 31.2 Å². The summed E-state index contributed by atoms with van der Waals surface area (Å²) in [5.74, 6) is -0.330. The molecule has 3 rings (SSSR count). The summed E-state index contributed by atoms with van der Waals surface area (Å²) in [5, 5.41) is 3.48. The molecule has 5 nitrogen and oxygen atoms in total. The fraction of sp³-hybridized carbons (Fsp3) is 0.286. The van der Waals surface area contributed by atoms with Crippen LogP contribution in [0.15, 0.2) is 48.7 Å². The van der Waals surface area contributed by atoms with Crippen LogP contribution in [0.2, 0.25) is 0 Å². The summed E-state index contributed by atoms with van der Waals surface area (Å²) in [6.45, 7) is 7.24. The molecule has 2 aromatic heterocycles. The van der Waals surface area contributed by atoms with Crippen molar-refractivity contribution >= 4 is 17.0 Å². The first-order valence-electron chi connectivity index (χ1n) is 8.74. The number of nitrogens with zero attached hydrogens (tertiary/aromatic N) is 2. The lowest BCUT2D eigenvalue weighted by Crippen LogP contribution is -2.34. The summed E-state index contributed by atoms with van der Waals surface area (Å²) in [6.07, 6.45) is 1.16. The number of carbonyl (C=O) groups is 1. The van der Waals surface area contributed by atoms with Crippen molar-refractivity contribution in [2.24, 2.45) is 0 Å². The third-order valence-electron chi connectivity index (χ3n) is 3.89. The minimum Gasteiger partial charge on any atom is -0.444 e. The van der Waals surface area contributed by atoms with Gasteiger partial charge in [0.1, 0.15) is 11.4 Å². The number of alkyl carbamates (subject to hydrolysis) is 1. The molecule has 140 valence electrons. The molecule has 1 amide bonds. The number of carbonyl (C=O) groups excluding carboxylic acids is 1. The van der Waals surface area contributed by atoms with Crippen LogP contribution in [0, 0.1) is 5.82 Å². The van der Waals surface area contributed by atoms with Crippen LogP contribution in [0.1, 0.15) is 39.4 Å². The summed E-state index contributed by atoms with van der Waals surface area (Å²) >= 11 is 0. The maximum atomic E-state index is 13.6. The monoisotopic (exact) mass is 367 g/mol. The lowest BCUT2D eigenvalue weighted by molar-refractivity contribution is 0.0507. The molecule has 0 fully saturated rings. The van der Waals surface area contributed by atoms with Gasteiger partial charge in [-0.05, 0) is 64.1 Å². The van der Waals surface area contributed by atoms with Gasteiger partial charge in [-0.3, -0.25) is 4.98 Å². The first-order valence-corrected chi connectivity index (χ1v) is 8.74. The van der Waals surface area contributed by atoms with Crippen molar-refractivity contribution in [1.29, 1.82) is 0 Å². The van der Waals surface area contributed by atoms with E-state index in [2.05, 4.69) is 15.3 Å². The molecule has 0 unspecified atom stereocenters. The number of pyridine rings is 2. The minimum atomic E-state index is -0.595. The molecule has 0 saturated heterocycles. The number of aromatic nitrogens is 2. The van der Waals surface area contributed by atoms with Gasteiger partial charge in [0.15, 0.2) is 0 Å². The molecular formula is C21H22FN3O2. The largest absolute Gasteiger partial charge is 0.444 e. The Morgan fingerprint density at radius 3 is 2.63 bits per heavy atom. The number of hydrogen-bond acceptors (Lipinski definition) is 4. The normalized spacial score (nSPS) is 12.6. The molecule has 0 spiro atoms. The summed E-state index contributed by atoms with van der Waals surface area (Å²) in [7, 11) is 0. The first-order chi connectivity index (χ1) is 12.7. The van der Waals surface area contributed by atoms with Crippen LogP contribution in [0.5, 0.6) is 0 Å². The Hall–Kier alpha value is -3.02. The number of fused-ring (bicyclic) bond motifs is 1. The fourth-order valence-electron chi connectivity index (χ4n) is 2.77. The molecule has 27 heavy (non-hydrogen) atoms. The van der Waals surface area contributed by atoms with Crippen LogP contribution in [0.3, 0.4) is 0 Å². The van der Waals surface area contributed by atoms with Gasteiger partial charge in [-0.15, -0.1) is 0 Å². The summed E-state index contributed by atoms with van der Waals surface area (Å²) in [6, 6.07) is 11.4. The predicted molar refractivity (Wildman–Crippen MR) is 103 cm³/mol. The number of hydrogen-bond donors (Lipinski definition) is 1. The highest BCUT2D eigenvalue weighted by Crippen LogP contribution is 2.29. The number of rotatable bonds is 3. The highest BCUT2D eigenvalue weighted by molar-refractivity contribution is 5.84. The molecule has 3 aromatic rings. The Balaban J connectivity index is 2.04. The van der Waals surface area contributed by atoms with E-state index in [0.717, 1.165) is 5.56 Å². The van der Waals surface area contributed by atoms with Crippen molar-refractivity contribution in [2.45, 2.75) is 39.3 Å². The maximum Gasteiger partial charge on any atom is 0.408 e. The zero-order valence-electron chi connectivity index (χ0n) is 15.8. The molecule has 6 heteroatoms. The molecule has 0 bridgehead atoms. The van der Waals surface area contributed by atoms with Crippen LogP contribution >= 0.6 is 0 Å². The van der Waals surface area contributed by atoms with Gasteiger partial charge in [-0.2, -0.15) is 0 Å². The molecule has 1 atom stereocenters. The Bertz CT molecular complexity index is 968. The van der Waals surface area contributed by atoms with Crippen molar-refractivity contribution in [3.05, 3.63) is 60.2 Å². The third kappa shape index (κ3) is 4.58. The average molecular weight is 367 g/mol. The third-order valence-corrected chi connectivity index (χ3v) is 3.89. The number of nitrogens with one attached hydrogen (secondary N) is 1. The maximum absolute atomic E-state index is 13.6.